The van der Waals surface area contributed by atoms with Gasteiger partial charge in [-0.25, -0.2) is 0 Å². The van der Waals surface area contributed by atoms with E-state index in [2.05, 4.69) is 22.3 Å². The highest BCUT2D eigenvalue weighted by Crippen LogP contribution is 2.34. The first-order valence-corrected chi connectivity index (χ1v) is 11.2. The molecule has 0 bridgehead atoms. The SMILES string of the molecule is CN(c1cccc(-c2ccc(C(C)(C)C(N)=O)cc2)c1)c1nc2nncn2c2cc(Cl)ccc12. The smallest absolute Gasteiger partial charge is 0.257 e. The minimum absolute atomic E-state index is 0.352. The van der Waals surface area contributed by atoms with Crippen molar-refractivity contribution in [2.45, 2.75) is 19.3 Å². The molecule has 5 aromatic rings. The van der Waals surface area contributed by atoms with Gasteiger partial charge in [-0.2, -0.15) is 4.98 Å². The molecule has 0 saturated heterocycles. The molecule has 0 radical (unpaired) electrons. The molecule has 0 unspecified atom stereocenters. The van der Waals surface area contributed by atoms with Gasteiger partial charge in [0.15, 0.2) is 0 Å². The summed E-state index contributed by atoms with van der Waals surface area (Å²) < 4.78 is 1.82. The van der Waals surface area contributed by atoms with Gasteiger partial charge in [-0.1, -0.05) is 48.0 Å². The third-order valence-corrected chi connectivity index (χ3v) is 6.54. The van der Waals surface area contributed by atoms with Gasteiger partial charge in [-0.3, -0.25) is 9.20 Å². The number of carbonyl (C=O) groups is 1. The van der Waals surface area contributed by atoms with Crippen LogP contribution in [-0.4, -0.2) is 32.5 Å². The molecule has 2 heterocycles. The molecule has 5 rings (SSSR count). The number of hydrogen-bond acceptors (Lipinski definition) is 5. The molecule has 1 amide bonds. The quantitative estimate of drug-likeness (QED) is 0.384. The predicted octanol–water partition coefficient (Wildman–Crippen LogP) is 5.13. The summed E-state index contributed by atoms with van der Waals surface area (Å²) in [6, 6.07) is 21.8. The fourth-order valence-electron chi connectivity index (χ4n) is 4.02. The molecular weight excluding hydrogens is 448 g/mol. The summed E-state index contributed by atoms with van der Waals surface area (Å²) in [5.74, 6) is 0.901. The van der Waals surface area contributed by atoms with E-state index in [0.717, 1.165) is 39.1 Å². The van der Waals surface area contributed by atoms with Crippen molar-refractivity contribution in [3.8, 4) is 11.1 Å². The molecule has 0 fully saturated rings. The van der Waals surface area contributed by atoms with Gasteiger partial charge in [0.05, 0.1) is 10.9 Å². The van der Waals surface area contributed by atoms with Crippen LogP contribution in [0, 0.1) is 0 Å². The van der Waals surface area contributed by atoms with Crippen LogP contribution in [0.4, 0.5) is 11.5 Å². The van der Waals surface area contributed by atoms with Crippen LogP contribution in [-0.2, 0) is 10.2 Å². The monoisotopic (exact) mass is 470 g/mol. The highest BCUT2D eigenvalue weighted by molar-refractivity contribution is 6.31. The molecule has 2 aromatic heterocycles. The molecule has 3 aromatic carbocycles. The van der Waals surface area contributed by atoms with Crippen molar-refractivity contribution in [1.29, 1.82) is 0 Å². The molecule has 0 aliphatic heterocycles. The van der Waals surface area contributed by atoms with Crippen LogP contribution < -0.4 is 10.6 Å². The Balaban J connectivity index is 1.55. The molecule has 8 heteroatoms. The highest BCUT2D eigenvalue weighted by atomic mass is 35.5. The summed E-state index contributed by atoms with van der Waals surface area (Å²) in [5.41, 5.74) is 9.66. The van der Waals surface area contributed by atoms with Gasteiger partial charge in [0.1, 0.15) is 12.1 Å². The van der Waals surface area contributed by atoms with Gasteiger partial charge in [0.25, 0.3) is 5.78 Å². The number of carbonyl (C=O) groups excluding carboxylic acids is 1. The van der Waals surface area contributed by atoms with Gasteiger partial charge < -0.3 is 10.6 Å². The lowest BCUT2D eigenvalue weighted by Gasteiger charge is -2.22. The minimum atomic E-state index is -0.726. The molecule has 34 heavy (non-hydrogen) atoms. The van der Waals surface area contributed by atoms with Crippen LogP contribution >= 0.6 is 11.6 Å². The molecule has 7 nitrogen and oxygen atoms in total. The van der Waals surface area contributed by atoms with Crippen LogP contribution in [0.25, 0.3) is 27.8 Å². The van der Waals surface area contributed by atoms with Crippen LogP contribution in [0.15, 0.2) is 73.1 Å². The largest absolute Gasteiger partial charge is 0.369 e. The number of amides is 1. The van der Waals surface area contributed by atoms with Gasteiger partial charge >= 0.3 is 0 Å². The molecule has 0 aliphatic carbocycles. The third-order valence-electron chi connectivity index (χ3n) is 6.30. The van der Waals surface area contributed by atoms with E-state index in [1.165, 1.54) is 0 Å². The van der Waals surface area contributed by atoms with Gasteiger partial charge in [-0.05, 0) is 60.9 Å². The van der Waals surface area contributed by atoms with E-state index in [1.807, 2.05) is 84.8 Å². The Bertz CT molecular complexity index is 1540. The second-order valence-corrected chi connectivity index (χ2v) is 9.21. The minimum Gasteiger partial charge on any atom is -0.369 e. The van der Waals surface area contributed by atoms with Crippen molar-refractivity contribution in [3.63, 3.8) is 0 Å². The zero-order valence-corrected chi connectivity index (χ0v) is 19.8. The number of rotatable bonds is 5. The summed E-state index contributed by atoms with van der Waals surface area (Å²) in [4.78, 5) is 18.6. The first-order valence-electron chi connectivity index (χ1n) is 10.8. The summed E-state index contributed by atoms with van der Waals surface area (Å²) in [7, 11) is 1.97. The number of hydrogen-bond donors (Lipinski definition) is 1. The van der Waals surface area contributed by atoms with Crippen LogP contribution in [0.2, 0.25) is 5.02 Å². The molecule has 0 aliphatic rings. The second kappa shape index (κ2) is 8.11. The Morgan fingerprint density at radius 1 is 1.03 bits per heavy atom. The first-order chi connectivity index (χ1) is 16.3. The molecule has 0 atom stereocenters. The van der Waals surface area contributed by atoms with E-state index in [1.54, 1.807) is 6.33 Å². The van der Waals surface area contributed by atoms with Crippen molar-refractivity contribution >= 4 is 45.7 Å². The topological polar surface area (TPSA) is 89.4 Å². The third kappa shape index (κ3) is 3.64. The lowest BCUT2D eigenvalue weighted by Crippen LogP contribution is -2.35. The number of anilines is 2. The fourth-order valence-corrected chi connectivity index (χ4v) is 4.18. The fraction of sp³-hybridized carbons (Fsp3) is 0.154. The Morgan fingerprint density at radius 3 is 2.53 bits per heavy atom. The van der Waals surface area contributed by atoms with E-state index in [-0.39, 0.29) is 5.91 Å². The van der Waals surface area contributed by atoms with Crippen molar-refractivity contribution in [3.05, 3.63) is 83.6 Å². The van der Waals surface area contributed by atoms with Crippen molar-refractivity contribution in [1.82, 2.24) is 19.6 Å². The summed E-state index contributed by atoms with van der Waals surface area (Å²) in [6.07, 6.45) is 1.63. The van der Waals surface area contributed by atoms with Gasteiger partial charge in [0, 0.05) is 23.1 Å². The van der Waals surface area contributed by atoms with Crippen LogP contribution in [0.5, 0.6) is 0 Å². The Kier molecular flexibility index (Phi) is 5.21. The number of halogens is 1. The predicted molar refractivity (Wildman–Crippen MR) is 135 cm³/mol. The van der Waals surface area contributed by atoms with Crippen LogP contribution in [0.3, 0.4) is 0 Å². The summed E-state index contributed by atoms with van der Waals surface area (Å²) in [6.45, 7) is 3.66. The molecule has 2 N–H and O–H groups in total. The maximum atomic E-state index is 11.8. The number of nitrogens with zero attached hydrogens (tertiary/aromatic N) is 5. The molecular formula is C26H23ClN6O. The standard InChI is InChI=1S/C26H23ClN6O/c1-26(2,24(28)34)18-9-7-16(8-10-18)17-5-4-6-20(13-17)32(3)23-21-12-11-19(27)14-22(21)33-15-29-31-25(33)30-23/h4-15H,1-3H3,(H2,28,34). The van der Waals surface area contributed by atoms with Crippen molar-refractivity contribution in [2.24, 2.45) is 5.73 Å². The van der Waals surface area contributed by atoms with E-state index >= 15 is 0 Å². The number of aromatic nitrogens is 4. The Hall–Kier alpha value is -3.97. The number of benzene rings is 3. The average Bonchev–Trinajstić information content (AvgIpc) is 3.32. The Labute approximate surface area is 201 Å². The Morgan fingerprint density at radius 2 is 1.79 bits per heavy atom. The molecule has 0 saturated carbocycles. The van der Waals surface area contributed by atoms with E-state index in [0.29, 0.717) is 10.8 Å². The zero-order chi connectivity index (χ0) is 24.0. The van der Waals surface area contributed by atoms with E-state index in [9.17, 15) is 4.79 Å². The lowest BCUT2D eigenvalue weighted by atomic mass is 9.83. The summed E-state index contributed by atoms with van der Waals surface area (Å²) in [5, 5.41) is 9.71. The van der Waals surface area contributed by atoms with E-state index < -0.39 is 5.41 Å². The number of nitrogens with two attached hydrogens (primary N) is 1. The second-order valence-electron chi connectivity index (χ2n) is 8.77. The van der Waals surface area contributed by atoms with Crippen LogP contribution in [0.1, 0.15) is 19.4 Å². The summed E-state index contributed by atoms with van der Waals surface area (Å²) >= 11 is 6.27. The maximum Gasteiger partial charge on any atom is 0.257 e. The zero-order valence-electron chi connectivity index (χ0n) is 19.0. The number of primary amides is 1. The van der Waals surface area contributed by atoms with Gasteiger partial charge in [0.2, 0.25) is 5.91 Å². The lowest BCUT2D eigenvalue weighted by molar-refractivity contribution is -0.122. The maximum absolute atomic E-state index is 11.8. The normalized spacial score (nSPS) is 11.8. The van der Waals surface area contributed by atoms with Crippen molar-refractivity contribution < 1.29 is 4.79 Å². The van der Waals surface area contributed by atoms with Crippen molar-refractivity contribution in [2.75, 3.05) is 11.9 Å². The molecule has 0 spiro atoms. The number of fused-ring (bicyclic) bond motifs is 3. The van der Waals surface area contributed by atoms with Gasteiger partial charge in [-0.15, -0.1) is 10.2 Å². The van der Waals surface area contributed by atoms with E-state index in [4.69, 9.17) is 22.3 Å². The molecule has 170 valence electrons. The first kappa shape index (κ1) is 21.9. The average molecular weight is 471 g/mol. The highest BCUT2D eigenvalue weighted by Gasteiger charge is 2.27.